The molecule has 0 aliphatic carbocycles. The maximum atomic E-state index is 12.1. The largest absolute Gasteiger partial charge is 0.378 e. The van der Waals surface area contributed by atoms with Crippen LogP contribution >= 0.6 is 27.3 Å². The standard InChI is InChI=1S/C13H21BrN2O3S2/c1-10-9-12(20-13(10)14)21(17,18)16-5-2-8-19-11-3-6-15-7-4-11/h9,11,15-16H,2-8H2,1H3. The Morgan fingerprint density at radius 1 is 1.48 bits per heavy atom. The van der Waals surface area contributed by atoms with Gasteiger partial charge in [-0.2, -0.15) is 0 Å². The van der Waals surface area contributed by atoms with Gasteiger partial charge in [0, 0.05) is 13.2 Å². The number of aryl methyl sites for hydroxylation is 1. The summed E-state index contributed by atoms with van der Waals surface area (Å²) in [7, 11) is -3.39. The first-order valence-corrected chi connectivity index (χ1v) is 10.2. The van der Waals surface area contributed by atoms with Crippen LogP contribution in [0, 0.1) is 6.92 Å². The summed E-state index contributed by atoms with van der Waals surface area (Å²) in [6, 6.07) is 1.68. The number of nitrogens with one attached hydrogen (secondary N) is 2. The number of rotatable bonds is 7. The Morgan fingerprint density at radius 2 is 2.19 bits per heavy atom. The molecule has 1 aromatic rings. The van der Waals surface area contributed by atoms with E-state index >= 15 is 0 Å². The summed E-state index contributed by atoms with van der Waals surface area (Å²) in [6.45, 7) is 4.89. The summed E-state index contributed by atoms with van der Waals surface area (Å²) in [5.41, 5.74) is 0.939. The molecule has 0 bridgehead atoms. The summed E-state index contributed by atoms with van der Waals surface area (Å²) in [6.07, 6.45) is 3.08. The molecule has 8 heteroatoms. The molecule has 2 N–H and O–H groups in total. The third-order valence-electron chi connectivity index (χ3n) is 3.35. The van der Waals surface area contributed by atoms with Gasteiger partial charge in [-0.3, -0.25) is 0 Å². The lowest BCUT2D eigenvalue weighted by Crippen LogP contribution is -2.33. The second-order valence-electron chi connectivity index (χ2n) is 5.09. The maximum absolute atomic E-state index is 12.1. The van der Waals surface area contributed by atoms with Crippen LogP contribution in [-0.2, 0) is 14.8 Å². The molecule has 120 valence electrons. The smallest absolute Gasteiger partial charge is 0.250 e. The second kappa shape index (κ2) is 8.03. The molecule has 0 saturated carbocycles. The quantitative estimate of drug-likeness (QED) is 0.693. The lowest BCUT2D eigenvalue weighted by atomic mass is 10.1. The van der Waals surface area contributed by atoms with Crippen molar-refractivity contribution >= 4 is 37.3 Å². The van der Waals surface area contributed by atoms with E-state index in [1.165, 1.54) is 11.3 Å². The van der Waals surface area contributed by atoms with Gasteiger partial charge < -0.3 is 10.1 Å². The van der Waals surface area contributed by atoms with Gasteiger partial charge in [0.15, 0.2) is 0 Å². The van der Waals surface area contributed by atoms with Gasteiger partial charge in [0.2, 0.25) is 10.0 Å². The number of sulfonamides is 1. The molecule has 1 aliphatic rings. The molecule has 0 amide bonds. The molecule has 1 fully saturated rings. The molecule has 1 aliphatic heterocycles. The Bertz CT molecular complexity index is 534. The summed E-state index contributed by atoms with van der Waals surface area (Å²) in [4.78, 5) is 0. The lowest BCUT2D eigenvalue weighted by molar-refractivity contribution is 0.0322. The second-order valence-corrected chi connectivity index (χ2v) is 9.46. The van der Waals surface area contributed by atoms with Crippen LogP contribution in [0.2, 0.25) is 0 Å². The van der Waals surface area contributed by atoms with Gasteiger partial charge in [-0.05, 0) is 66.8 Å². The van der Waals surface area contributed by atoms with Crippen LogP contribution in [0.1, 0.15) is 24.8 Å². The van der Waals surface area contributed by atoms with Crippen LogP contribution in [0.3, 0.4) is 0 Å². The molecule has 0 spiro atoms. The monoisotopic (exact) mass is 396 g/mol. The van der Waals surface area contributed by atoms with Crippen molar-refractivity contribution in [3.8, 4) is 0 Å². The van der Waals surface area contributed by atoms with Crippen LogP contribution in [0.15, 0.2) is 14.1 Å². The number of halogens is 1. The van der Waals surface area contributed by atoms with Gasteiger partial charge >= 0.3 is 0 Å². The highest BCUT2D eigenvalue weighted by Crippen LogP contribution is 2.30. The van der Waals surface area contributed by atoms with E-state index in [-0.39, 0.29) is 0 Å². The Balaban J connectivity index is 1.70. The minimum atomic E-state index is -3.39. The van der Waals surface area contributed by atoms with E-state index in [2.05, 4.69) is 26.0 Å². The average molecular weight is 397 g/mol. The first-order chi connectivity index (χ1) is 9.99. The molecular weight excluding hydrogens is 376 g/mol. The van der Waals surface area contributed by atoms with E-state index < -0.39 is 10.0 Å². The van der Waals surface area contributed by atoms with Crippen molar-refractivity contribution in [3.63, 3.8) is 0 Å². The zero-order chi connectivity index (χ0) is 15.3. The minimum Gasteiger partial charge on any atom is -0.378 e. The summed E-state index contributed by atoms with van der Waals surface area (Å²) in [5.74, 6) is 0. The van der Waals surface area contributed by atoms with Crippen molar-refractivity contribution in [1.29, 1.82) is 0 Å². The van der Waals surface area contributed by atoms with Crippen LogP contribution in [0.4, 0.5) is 0 Å². The Kier molecular flexibility index (Phi) is 6.64. The highest BCUT2D eigenvalue weighted by molar-refractivity contribution is 9.11. The number of ether oxygens (including phenoxy) is 1. The fourth-order valence-electron chi connectivity index (χ4n) is 2.13. The molecule has 1 aromatic heterocycles. The summed E-state index contributed by atoms with van der Waals surface area (Å²) >= 11 is 4.58. The molecule has 0 aromatic carbocycles. The summed E-state index contributed by atoms with van der Waals surface area (Å²) in [5, 5.41) is 3.29. The average Bonchev–Trinajstić information content (AvgIpc) is 2.80. The predicted molar refractivity (Wildman–Crippen MR) is 88.4 cm³/mol. The highest BCUT2D eigenvalue weighted by atomic mass is 79.9. The van der Waals surface area contributed by atoms with Crippen molar-refractivity contribution in [2.24, 2.45) is 0 Å². The highest BCUT2D eigenvalue weighted by Gasteiger charge is 2.18. The Labute approximate surface area is 138 Å². The number of piperidine rings is 1. The van der Waals surface area contributed by atoms with Crippen molar-refractivity contribution in [3.05, 3.63) is 15.4 Å². The lowest BCUT2D eigenvalue weighted by Gasteiger charge is -2.22. The van der Waals surface area contributed by atoms with Crippen molar-refractivity contribution in [1.82, 2.24) is 10.0 Å². The summed E-state index contributed by atoms with van der Waals surface area (Å²) < 4.78 is 33.8. The van der Waals surface area contributed by atoms with Crippen molar-refractivity contribution in [2.45, 2.75) is 36.5 Å². The van der Waals surface area contributed by atoms with E-state index in [1.54, 1.807) is 6.07 Å². The molecule has 0 unspecified atom stereocenters. The fourth-order valence-corrected chi connectivity index (χ4v) is 5.47. The molecule has 5 nitrogen and oxygen atoms in total. The third kappa shape index (κ3) is 5.30. The fraction of sp³-hybridized carbons (Fsp3) is 0.692. The van der Waals surface area contributed by atoms with Gasteiger partial charge in [0.25, 0.3) is 0 Å². The Morgan fingerprint density at radius 3 is 2.81 bits per heavy atom. The Hall–Kier alpha value is 0.01000. The molecule has 21 heavy (non-hydrogen) atoms. The topological polar surface area (TPSA) is 67.4 Å². The number of hydrogen-bond acceptors (Lipinski definition) is 5. The first-order valence-electron chi connectivity index (χ1n) is 7.07. The van der Waals surface area contributed by atoms with Gasteiger partial charge in [-0.1, -0.05) is 0 Å². The minimum absolute atomic E-state index is 0.318. The number of hydrogen-bond donors (Lipinski definition) is 2. The zero-order valence-corrected chi connectivity index (χ0v) is 15.2. The van der Waals surface area contributed by atoms with E-state index in [1.807, 2.05) is 6.92 Å². The molecule has 0 radical (unpaired) electrons. The number of thiophene rings is 1. The van der Waals surface area contributed by atoms with Crippen LogP contribution < -0.4 is 10.0 Å². The van der Waals surface area contributed by atoms with Gasteiger partial charge in [0.1, 0.15) is 4.21 Å². The van der Waals surface area contributed by atoms with Crippen LogP contribution in [0.5, 0.6) is 0 Å². The normalized spacial score (nSPS) is 17.2. The zero-order valence-electron chi connectivity index (χ0n) is 12.0. The SMILES string of the molecule is Cc1cc(S(=O)(=O)NCCCOC2CCNCC2)sc1Br. The van der Waals surface area contributed by atoms with Crippen LogP contribution in [-0.4, -0.2) is 40.8 Å². The molecule has 2 heterocycles. The molecular formula is C13H21BrN2O3S2. The molecule has 1 saturated heterocycles. The van der Waals surface area contributed by atoms with Gasteiger partial charge in [-0.15, -0.1) is 11.3 Å². The van der Waals surface area contributed by atoms with Crippen molar-refractivity contribution < 1.29 is 13.2 Å². The van der Waals surface area contributed by atoms with E-state index in [0.717, 1.165) is 35.3 Å². The maximum Gasteiger partial charge on any atom is 0.250 e. The van der Waals surface area contributed by atoms with Gasteiger partial charge in [0.05, 0.1) is 9.89 Å². The van der Waals surface area contributed by atoms with E-state index in [0.29, 0.717) is 29.9 Å². The third-order valence-corrected chi connectivity index (χ3v) is 7.42. The van der Waals surface area contributed by atoms with E-state index in [9.17, 15) is 8.42 Å². The molecule has 2 rings (SSSR count). The van der Waals surface area contributed by atoms with Gasteiger partial charge in [-0.25, -0.2) is 13.1 Å². The predicted octanol–water partition coefficient (Wildman–Crippen LogP) is 2.26. The molecule has 0 atom stereocenters. The van der Waals surface area contributed by atoms with Crippen molar-refractivity contribution in [2.75, 3.05) is 26.2 Å². The first kappa shape index (κ1) is 17.4. The van der Waals surface area contributed by atoms with Crippen LogP contribution in [0.25, 0.3) is 0 Å². The van der Waals surface area contributed by atoms with E-state index in [4.69, 9.17) is 4.74 Å².